The molecule has 0 radical (unpaired) electrons. The number of amides is 3. The minimum atomic E-state index is -0.416. The van der Waals surface area contributed by atoms with Crippen molar-refractivity contribution in [2.75, 3.05) is 26.7 Å². The summed E-state index contributed by atoms with van der Waals surface area (Å²) >= 11 is 0. The van der Waals surface area contributed by atoms with Crippen LogP contribution in [0.5, 0.6) is 0 Å². The van der Waals surface area contributed by atoms with Crippen molar-refractivity contribution < 1.29 is 9.59 Å². The van der Waals surface area contributed by atoms with E-state index in [1.54, 1.807) is 18.0 Å². The molecule has 0 aromatic carbocycles. The first kappa shape index (κ1) is 16.7. The van der Waals surface area contributed by atoms with Crippen LogP contribution < -0.4 is 5.32 Å². The van der Waals surface area contributed by atoms with Gasteiger partial charge in [0.2, 0.25) is 0 Å². The van der Waals surface area contributed by atoms with Crippen LogP contribution in [0.15, 0.2) is 29.9 Å². The van der Waals surface area contributed by atoms with Crippen LogP contribution in [-0.2, 0) is 4.79 Å². The Balaban J connectivity index is 1.92. The van der Waals surface area contributed by atoms with E-state index in [2.05, 4.69) is 21.9 Å². The Labute approximate surface area is 142 Å². The predicted molar refractivity (Wildman–Crippen MR) is 90.9 cm³/mol. The van der Waals surface area contributed by atoms with Gasteiger partial charge in [-0.1, -0.05) is 18.2 Å². The zero-order valence-corrected chi connectivity index (χ0v) is 14.3. The molecule has 0 aromatic rings. The summed E-state index contributed by atoms with van der Waals surface area (Å²) in [6, 6.07) is -0.694. The Morgan fingerprint density at radius 1 is 1.38 bits per heavy atom. The fourth-order valence-electron chi connectivity index (χ4n) is 3.50. The first-order valence-corrected chi connectivity index (χ1v) is 8.12. The summed E-state index contributed by atoms with van der Waals surface area (Å²) in [4.78, 5) is 30.5. The van der Waals surface area contributed by atoms with E-state index in [9.17, 15) is 9.59 Å². The highest BCUT2D eigenvalue weighted by Crippen LogP contribution is 2.29. The molecular weight excluding hydrogens is 308 g/mol. The number of likely N-dealkylation sites (N-methyl/N-ethyl adjacent to an activating group) is 1. The Morgan fingerprint density at radius 2 is 2.12 bits per heavy atom. The number of carbonyl (C=O) groups is 2. The molecule has 2 saturated heterocycles. The first-order valence-electron chi connectivity index (χ1n) is 8.12. The fourth-order valence-corrected chi connectivity index (χ4v) is 3.50. The van der Waals surface area contributed by atoms with E-state index in [1.165, 1.54) is 4.90 Å². The van der Waals surface area contributed by atoms with Gasteiger partial charge in [-0.15, -0.1) is 6.58 Å². The summed E-state index contributed by atoms with van der Waals surface area (Å²) in [5.41, 5.74) is 0.933. The number of urea groups is 1. The minimum absolute atomic E-state index is 0.163. The summed E-state index contributed by atoms with van der Waals surface area (Å²) in [6.07, 6.45) is 4.86. The second kappa shape index (κ2) is 6.37. The number of imide groups is 1. The van der Waals surface area contributed by atoms with Crippen molar-refractivity contribution in [3.63, 3.8) is 0 Å². The quantitative estimate of drug-likeness (QED) is 0.746. The number of hydrogen-bond donors (Lipinski definition) is 1. The van der Waals surface area contributed by atoms with E-state index < -0.39 is 6.04 Å². The average Bonchev–Trinajstić information content (AvgIpc) is 2.93. The van der Waals surface area contributed by atoms with Gasteiger partial charge < -0.3 is 4.90 Å². The molecule has 3 heterocycles. The second-order valence-electron chi connectivity index (χ2n) is 6.26. The van der Waals surface area contributed by atoms with Crippen LogP contribution in [0.3, 0.4) is 0 Å². The van der Waals surface area contributed by atoms with Gasteiger partial charge in [0.25, 0.3) is 5.91 Å². The predicted octanol–water partition coefficient (Wildman–Crippen LogP) is 0.218. The van der Waals surface area contributed by atoms with Crippen LogP contribution in [0.1, 0.15) is 13.8 Å². The van der Waals surface area contributed by atoms with Crippen LogP contribution in [0, 0.1) is 0 Å². The van der Waals surface area contributed by atoms with Gasteiger partial charge >= 0.3 is 6.03 Å². The van der Waals surface area contributed by atoms with Crippen LogP contribution in [0.25, 0.3) is 0 Å². The topological polar surface area (TPSA) is 71.5 Å². The molecule has 8 heteroatoms. The average molecular weight is 332 g/mol. The largest absolute Gasteiger partial charge is 0.328 e. The van der Waals surface area contributed by atoms with Gasteiger partial charge in [0.15, 0.2) is 6.29 Å². The second-order valence-corrected chi connectivity index (χ2v) is 6.26. The molecule has 0 spiro atoms. The molecule has 0 bridgehead atoms. The van der Waals surface area contributed by atoms with Gasteiger partial charge in [-0.3, -0.25) is 20.0 Å². The van der Waals surface area contributed by atoms with Gasteiger partial charge in [0.1, 0.15) is 12.2 Å². The van der Waals surface area contributed by atoms with Crippen molar-refractivity contribution in [3.8, 4) is 0 Å². The molecule has 2 fully saturated rings. The lowest BCUT2D eigenvalue weighted by molar-refractivity contribution is -0.138. The normalized spacial score (nSPS) is 30.7. The number of carbonyl (C=O) groups excluding carboxylic acids is 2. The van der Waals surface area contributed by atoms with Crippen LogP contribution >= 0.6 is 0 Å². The van der Waals surface area contributed by atoms with Gasteiger partial charge in [-0.05, 0) is 13.8 Å². The van der Waals surface area contributed by atoms with Crippen LogP contribution in [0.4, 0.5) is 4.79 Å². The van der Waals surface area contributed by atoms with Gasteiger partial charge in [-0.25, -0.2) is 9.69 Å². The van der Waals surface area contributed by atoms with Gasteiger partial charge in [0, 0.05) is 25.8 Å². The van der Waals surface area contributed by atoms with Crippen molar-refractivity contribution >= 4 is 17.6 Å². The van der Waals surface area contributed by atoms with E-state index in [0.717, 1.165) is 5.71 Å². The Hall–Kier alpha value is -2.19. The highest BCUT2D eigenvalue weighted by Gasteiger charge is 2.55. The molecule has 3 aliphatic rings. The van der Waals surface area contributed by atoms with E-state index in [0.29, 0.717) is 19.6 Å². The summed E-state index contributed by atoms with van der Waals surface area (Å²) in [6.45, 7) is 9.04. The number of rotatable bonds is 4. The number of fused-ring (bicyclic) bond motifs is 3. The zero-order chi connectivity index (χ0) is 17.4. The molecule has 1 N–H and O–H groups in total. The molecular formula is C16H24N6O2. The molecule has 3 rings (SSSR count). The van der Waals surface area contributed by atoms with E-state index in [4.69, 9.17) is 0 Å². The molecule has 3 unspecified atom stereocenters. The molecule has 130 valence electrons. The summed E-state index contributed by atoms with van der Waals surface area (Å²) in [5, 5.41) is 9.79. The molecule has 8 nitrogen and oxygen atoms in total. The van der Waals surface area contributed by atoms with E-state index in [1.807, 2.05) is 31.0 Å². The minimum Gasteiger partial charge on any atom is -0.310 e. The lowest BCUT2D eigenvalue weighted by atomic mass is 10.1. The number of nitrogens with zero attached hydrogens (tertiary/aromatic N) is 5. The number of allylic oxidation sites excluding steroid dienone is 1. The highest BCUT2D eigenvalue weighted by atomic mass is 16.2. The van der Waals surface area contributed by atoms with Crippen molar-refractivity contribution in [3.05, 3.63) is 24.8 Å². The van der Waals surface area contributed by atoms with E-state index in [-0.39, 0.29) is 24.4 Å². The third kappa shape index (κ3) is 2.51. The molecule has 0 saturated carbocycles. The Morgan fingerprint density at radius 3 is 2.79 bits per heavy atom. The molecule has 3 atom stereocenters. The lowest BCUT2D eigenvalue weighted by Crippen LogP contribution is -2.66. The van der Waals surface area contributed by atoms with Gasteiger partial charge in [0.05, 0.1) is 6.54 Å². The standard InChI is InChI=1S/C16H24N6O2/c1-5-7-9-20-14(23)12-13(19(4)16(20)24)17-15-21(12)10-11(3)18-22(15)8-6-2/h5-7,12-13,15,17H,2,8-10H2,1,3-4H3/b7-5+. The van der Waals surface area contributed by atoms with Crippen molar-refractivity contribution in [1.82, 2.24) is 25.0 Å². The molecule has 24 heavy (non-hydrogen) atoms. The van der Waals surface area contributed by atoms with Crippen molar-refractivity contribution in [2.24, 2.45) is 5.10 Å². The fraction of sp³-hybridized carbons (Fsp3) is 0.562. The maximum absolute atomic E-state index is 13.0. The molecule has 0 aliphatic carbocycles. The monoisotopic (exact) mass is 332 g/mol. The third-order valence-corrected chi connectivity index (χ3v) is 4.59. The summed E-state index contributed by atoms with van der Waals surface area (Å²) in [5.74, 6) is -0.163. The van der Waals surface area contributed by atoms with Crippen LogP contribution in [0.2, 0.25) is 0 Å². The third-order valence-electron chi connectivity index (χ3n) is 4.59. The van der Waals surface area contributed by atoms with Crippen molar-refractivity contribution in [2.45, 2.75) is 32.3 Å². The van der Waals surface area contributed by atoms with Crippen LogP contribution in [-0.4, -0.2) is 82.5 Å². The Bertz CT molecular complexity index is 616. The Kier molecular flexibility index (Phi) is 4.42. The lowest BCUT2D eigenvalue weighted by Gasteiger charge is -2.42. The van der Waals surface area contributed by atoms with Crippen molar-refractivity contribution in [1.29, 1.82) is 0 Å². The summed E-state index contributed by atoms with van der Waals surface area (Å²) in [7, 11) is 1.73. The highest BCUT2D eigenvalue weighted by molar-refractivity contribution is 6.01. The molecule has 3 aliphatic heterocycles. The SMILES string of the molecule is C=CCN1N=C(C)CN2C3C(=O)N(C/C=C/C)C(=O)N(C)C3NC12. The number of hydrogen-bond acceptors (Lipinski definition) is 6. The maximum atomic E-state index is 13.0. The van der Waals surface area contributed by atoms with E-state index >= 15 is 0 Å². The number of nitrogens with one attached hydrogen (secondary N) is 1. The van der Waals surface area contributed by atoms with Gasteiger partial charge in [-0.2, -0.15) is 5.10 Å². The summed E-state index contributed by atoms with van der Waals surface area (Å²) < 4.78 is 0. The smallest absolute Gasteiger partial charge is 0.310 e. The molecule has 0 aromatic heterocycles. The zero-order valence-electron chi connectivity index (χ0n) is 14.3. The maximum Gasteiger partial charge on any atom is 0.328 e. The first-order chi connectivity index (χ1) is 11.5. The molecule has 3 amide bonds. The number of hydrazone groups is 1.